The Bertz CT molecular complexity index is 1520. The van der Waals surface area contributed by atoms with Crippen molar-refractivity contribution in [2.24, 2.45) is 7.05 Å². The van der Waals surface area contributed by atoms with Gasteiger partial charge in [0, 0.05) is 18.8 Å². The second kappa shape index (κ2) is 7.70. The zero-order valence-electron chi connectivity index (χ0n) is 17.2. The quantitative estimate of drug-likeness (QED) is 0.458. The second-order valence-electron chi connectivity index (χ2n) is 7.50. The summed E-state index contributed by atoms with van der Waals surface area (Å²) in [4.78, 5) is 29.6. The molecule has 0 atom stereocenters. The number of aromatic nitrogens is 3. The van der Waals surface area contributed by atoms with Crippen LogP contribution < -0.4 is 10.3 Å². The Kier molecular flexibility index (Phi) is 4.71. The van der Waals surface area contributed by atoms with E-state index in [1.54, 1.807) is 47.4 Å². The molecule has 0 saturated carbocycles. The monoisotopic (exact) mass is 425 g/mol. The van der Waals surface area contributed by atoms with Crippen molar-refractivity contribution in [3.63, 3.8) is 0 Å². The number of imidazole rings is 1. The molecule has 5 rings (SSSR count). The Morgan fingerprint density at radius 3 is 2.53 bits per heavy atom. The number of benzene rings is 2. The molecular formula is C25H19N3O4. The first-order valence-electron chi connectivity index (χ1n) is 10.0. The lowest BCUT2D eigenvalue weighted by atomic mass is 10.0. The fourth-order valence-electron chi connectivity index (χ4n) is 3.82. The van der Waals surface area contributed by atoms with E-state index in [9.17, 15) is 14.7 Å². The Balaban J connectivity index is 1.57. The van der Waals surface area contributed by atoms with E-state index >= 15 is 0 Å². The molecule has 32 heavy (non-hydrogen) atoms. The molecule has 2 aromatic carbocycles. The fourth-order valence-corrected chi connectivity index (χ4v) is 3.82. The van der Waals surface area contributed by atoms with Crippen LogP contribution in [0.5, 0.6) is 5.75 Å². The molecule has 0 fully saturated rings. The number of pyridine rings is 2. The summed E-state index contributed by atoms with van der Waals surface area (Å²) in [6, 6.07) is 20.1. The number of nitrogens with zero attached hydrogens (tertiary/aromatic N) is 3. The van der Waals surface area contributed by atoms with Gasteiger partial charge in [0.05, 0.1) is 22.9 Å². The smallest absolute Gasteiger partial charge is 0.337 e. The minimum Gasteiger partial charge on any atom is -0.489 e. The Morgan fingerprint density at radius 1 is 1.06 bits per heavy atom. The van der Waals surface area contributed by atoms with Crippen LogP contribution in [-0.4, -0.2) is 25.0 Å². The maximum Gasteiger partial charge on any atom is 0.337 e. The molecule has 0 aliphatic carbocycles. The third kappa shape index (κ3) is 3.30. The zero-order valence-corrected chi connectivity index (χ0v) is 17.2. The van der Waals surface area contributed by atoms with E-state index in [2.05, 4.69) is 4.98 Å². The van der Waals surface area contributed by atoms with Crippen molar-refractivity contribution in [1.82, 2.24) is 14.0 Å². The molecule has 7 nitrogen and oxygen atoms in total. The molecule has 3 heterocycles. The van der Waals surface area contributed by atoms with Crippen LogP contribution in [0.2, 0.25) is 0 Å². The number of carboxylic acid groups (broad SMARTS) is 1. The zero-order chi connectivity index (χ0) is 22.2. The van der Waals surface area contributed by atoms with E-state index in [4.69, 9.17) is 4.74 Å². The first-order valence-corrected chi connectivity index (χ1v) is 10.0. The van der Waals surface area contributed by atoms with Crippen molar-refractivity contribution in [2.75, 3.05) is 0 Å². The van der Waals surface area contributed by atoms with Gasteiger partial charge in [0.1, 0.15) is 17.9 Å². The summed E-state index contributed by atoms with van der Waals surface area (Å²) in [6.07, 6.45) is 3.19. The number of fused-ring (bicyclic) bond motifs is 3. The molecule has 158 valence electrons. The van der Waals surface area contributed by atoms with Crippen molar-refractivity contribution in [3.8, 4) is 16.9 Å². The van der Waals surface area contributed by atoms with Crippen LogP contribution in [0.1, 0.15) is 15.9 Å². The van der Waals surface area contributed by atoms with Crippen LogP contribution in [-0.2, 0) is 13.7 Å². The van der Waals surface area contributed by atoms with Crippen molar-refractivity contribution >= 4 is 22.5 Å². The molecule has 1 N–H and O–H groups in total. The molecular weight excluding hydrogens is 406 g/mol. The highest BCUT2D eigenvalue weighted by Gasteiger charge is 2.19. The Labute approximate surface area is 182 Å². The summed E-state index contributed by atoms with van der Waals surface area (Å²) in [5.41, 5.74) is 3.18. The largest absolute Gasteiger partial charge is 0.489 e. The Hall–Kier alpha value is -4.39. The molecule has 0 aliphatic rings. The molecule has 0 radical (unpaired) electrons. The molecule has 7 heteroatoms. The average Bonchev–Trinajstić information content (AvgIpc) is 3.20. The third-order valence-electron chi connectivity index (χ3n) is 5.47. The molecule has 0 aliphatic heterocycles. The number of aryl methyl sites for hydroxylation is 1. The van der Waals surface area contributed by atoms with Crippen molar-refractivity contribution < 1.29 is 14.6 Å². The van der Waals surface area contributed by atoms with Crippen molar-refractivity contribution in [1.29, 1.82) is 0 Å². The molecule has 5 aromatic rings. The number of rotatable bonds is 5. The van der Waals surface area contributed by atoms with Crippen LogP contribution in [0, 0.1) is 0 Å². The Morgan fingerprint density at radius 2 is 1.81 bits per heavy atom. The summed E-state index contributed by atoms with van der Waals surface area (Å²) < 4.78 is 8.95. The van der Waals surface area contributed by atoms with Crippen LogP contribution >= 0.6 is 0 Å². The van der Waals surface area contributed by atoms with E-state index in [-0.39, 0.29) is 16.6 Å². The summed E-state index contributed by atoms with van der Waals surface area (Å²) in [6.45, 7) is 0.433. The summed E-state index contributed by atoms with van der Waals surface area (Å²) in [5.74, 6) is -0.461. The number of aromatic carboxylic acids is 1. The van der Waals surface area contributed by atoms with Gasteiger partial charge in [0.15, 0.2) is 0 Å². The molecule has 0 saturated heterocycles. The van der Waals surface area contributed by atoms with Gasteiger partial charge in [-0.05, 0) is 35.4 Å². The van der Waals surface area contributed by atoms with Crippen LogP contribution in [0.4, 0.5) is 0 Å². The van der Waals surface area contributed by atoms with Gasteiger partial charge >= 0.3 is 5.97 Å². The van der Waals surface area contributed by atoms with Crippen LogP contribution in [0.3, 0.4) is 0 Å². The topological polar surface area (TPSA) is 85.8 Å². The minimum atomic E-state index is -1.12. The average molecular weight is 425 g/mol. The predicted octanol–water partition coefficient (Wildman–Crippen LogP) is 4.13. The van der Waals surface area contributed by atoms with Gasteiger partial charge in [0.25, 0.3) is 5.56 Å². The maximum absolute atomic E-state index is 13.3. The van der Waals surface area contributed by atoms with Gasteiger partial charge in [0.2, 0.25) is 0 Å². The summed E-state index contributed by atoms with van der Waals surface area (Å²) in [5, 5.41) is 9.86. The predicted molar refractivity (Wildman–Crippen MR) is 121 cm³/mol. The number of hydrogen-bond acceptors (Lipinski definition) is 4. The highest BCUT2D eigenvalue weighted by Crippen LogP contribution is 2.26. The lowest BCUT2D eigenvalue weighted by Gasteiger charge is -2.11. The van der Waals surface area contributed by atoms with Crippen LogP contribution in [0.25, 0.3) is 27.7 Å². The van der Waals surface area contributed by atoms with Crippen molar-refractivity contribution in [2.45, 2.75) is 6.61 Å². The van der Waals surface area contributed by atoms with Crippen molar-refractivity contribution in [3.05, 3.63) is 101 Å². The van der Waals surface area contributed by atoms with Gasteiger partial charge in [-0.3, -0.25) is 9.20 Å². The van der Waals surface area contributed by atoms with Gasteiger partial charge < -0.3 is 14.4 Å². The van der Waals surface area contributed by atoms with Gasteiger partial charge in [-0.1, -0.05) is 42.5 Å². The standard InChI is InChI=1S/C25H19N3O4/c1-27-15-26-22-21(27)11-12-28-23(22)20(25(30)31)13-19(24(28)29)17-7-9-18(10-8-17)32-14-16-5-3-2-4-6-16/h2-13,15H,14H2,1H3,(H,30,31). The SMILES string of the molecule is Cn1cnc2c1ccn1c(=O)c(-c3ccc(OCc4ccccc4)cc3)cc(C(=O)O)c21. The number of ether oxygens (including phenoxy) is 1. The lowest BCUT2D eigenvalue weighted by molar-refractivity contribution is 0.0698. The molecule has 0 amide bonds. The number of carbonyl (C=O) groups is 1. The van der Waals surface area contributed by atoms with E-state index < -0.39 is 5.97 Å². The first kappa shape index (κ1) is 19.6. The molecule has 3 aromatic heterocycles. The van der Waals surface area contributed by atoms with E-state index in [0.717, 1.165) is 11.1 Å². The molecule has 0 unspecified atom stereocenters. The normalized spacial score (nSPS) is 11.2. The van der Waals surface area contributed by atoms with Crippen LogP contribution in [0.15, 0.2) is 84.0 Å². The van der Waals surface area contributed by atoms with Gasteiger partial charge in [-0.2, -0.15) is 0 Å². The second-order valence-corrected chi connectivity index (χ2v) is 7.50. The third-order valence-corrected chi connectivity index (χ3v) is 5.47. The summed E-state index contributed by atoms with van der Waals surface area (Å²) in [7, 11) is 1.82. The highest BCUT2D eigenvalue weighted by molar-refractivity contribution is 6.05. The molecule has 0 bridgehead atoms. The minimum absolute atomic E-state index is 0.0216. The summed E-state index contributed by atoms with van der Waals surface area (Å²) >= 11 is 0. The molecule has 0 spiro atoms. The van der Waals surface area contributed by atoms with E-state index in [1.165, 1.54) is 10.5 Å². The van der Waals surface area contributed by atoms with Gasteiger partial charge in [-0.15, -0.1) is 0 Å². The van der Waals surface area contributed by atoms with E-state index in [1.807, 2.05) is 37.4 Å². The number of carboxylic acids is 1. The van der Waals surface area contributed by atoms with E-state index in [0.29, 0.717) is 29.0 Å². The lowest BCUT2D eigenvalue weighted by Crippen LogP contribution is -2.19. The maximum atomic E-state index is 13.3. The number of hydrogen-bond donors (Lipinski definition) is 1. The first-order chi connectivity index (χ1) is 15.5. The van der Waals surface area contributed by atoms with Gasteiger partial charge in [-0.25, -0.2) is 9.78 Å². The highest BCUT2D eigenvalue weighted by atomic mass is 16.5. The fraction of sp³-hybridized carbons (Fsp3) is 0.0800.